The first kappa shape index (κ1) is 11.7. The molecule has 2 rings (SSSR count). The number of carbonyl (C=O) groups is 1. The zero-order valence-corrected chi connectivity index (χ0v) is 10.1. The summed E-state index contributed by atoms with van der Waals surface area (Å²) in [5, 5.41) is 0. The fourth-order valence-corrected chi connectivity index (χ4v) is 2.19. The Morgan fingerprint density at radius 3 is 2.47 bits per heavy atom. The third kappa shape index (κ3) is 2.88. The van der Waals surface area contributed by atoms with Crippen LogP contribution in [0.25, 0.3) is 0 Å². The SMILES string of the molecule is CC#CC1CCN(C(=O)c2ccccc2)CC1. The molecule has 2 heteroatoms. The summed E-state index contributed by atoms with van der Waals surface area (Å²) in [7, 11) is 0. The van der Waals surface area contributed by atoms with E-state index >= 15 is 0 Å². The summed E-state index contributed by atoms with van der Waals surface area (Å²) < 4.78 is 0. The molecule has 0 radical (unpaired) electrons. The van der Waals surface area contributed by atoms with Gasteiger partial charge >= 0.3 is 0 Å². The molecule has 2 nitrogen and oxygen atoms in total. The zero-order valence-electron chi connectivity index (χ0n) is 10.1. The number of likely N-dealkylation sites (tertiary alicyclic amines) is 1. The van der Waals surface area contributed by atoms with Crippen molar-refractivity contribution in [3.05, 3.63) is 35.9 Å². The molecule has 88 valence electrons. The Morgan fingerprint density at radius 2 is 1.88 bits per heavy atom. The number of hydrogen-bond donors (Lipinski definition) is 0. The highest BCUT2D eigenvalue weighted by atomic mass is 16.2. The summed E-state index contributed by atoms with van der Waals surface area (Å²) >= 11 is 0. The minimum atomic E-state index is 0.147. The monoisotopic (exact) mass is 227 g/mol. The van der Waals surface area contributed by atoms with Crippen molar-refractivity contribution in [3.8, 4) is 11.8 Å². The van der Waals surface area contributed by atoms with Crippen LogP contribution in [0.5, 0.6) is 0 Å². The molecule has 0 N–H and O–H groups in total. The van der Waals surface area contributed by atoms with Gasteiger partial charge in [-0.15, -0.1) is 11.8 Å². The molecule has 1 heterocycles. The molecule has 1 aliphatic rings. The van der Waals surface area contributed by atoms with Crippen LogP contribution in [0.15, 0.2) is 30.3 Å². The van der Waals surface area contributed by atoms with Crippen LogP contribution in [0.4, 0.5) is 0 Å². The number of rotatable bonds is 1. The maximum atomic E-state index is 12.2. The van der Waals surface area contributed by atoms with Gasteiger partial charge in [0, 0.05) is 24.6 Å². The lowest BCUT2D eigenvalue weighted by Crippen LogP contribution is -2.38. The molecule has 0 bridgehead atoms. The minimum Gasteiger partial charge on any atom is -0.339 e. The maximum Gasteiger partial charge on any atom is 0.253 e. The van der Waals surface area contributed by atoms with E-state index in [2.05, 4.69) is 11.8 Å². The van der Waals surface area contributed by atoms with Gasteiger partial charge in [0.15, 0.2) is 0 Å². The van der Waals surface area contributed by atoms with E-state index < -0.39 is 0 Å². The number of carbonyl (C=O) groups excluding carboxylic acids is 1. The molecule has 1 aromatic rings. The average molecular weight is 227 g/mol. The van der Waals surface area contributed by atoms with Crippen LogP contribution in [-0.2, 0) is 0 Å². The van der Waals surface area contributed by atoms with Crippen LogP contribution in [-0.4, -0.2) is 23.9 Å². The summed E-state index contributed by atoms with van der Waals surface area (Å²) in [6.45, 7) is 3.53. The fraction of sp³-hybridized carbons (Fsp3) is 0.400. The summed E-state index contributed by atoms with van der Waals surface area (Å²) in [5.41, 5.74) is 0.785. The van der Waals surface area contributed by atoms with Crippen LogP contribution < -0.4 is 0 Å². The van der Waals surface area contributed by atoms with Gasteiger partial charge in [-0.05, 0) is 31.9 Å². The lowest BCUT2D eigenvalue weighted by molar-refractivity contribution is 0.0708. The molecular formula is C15H17NO. The second-order valence-corrected chi connectivity index (χ2v) is 4.33. The standard InChI is InChI=1S/C15H17NO/c1-2-6-13-9-11-16(12-10-13)15(17)14-7-4-3-5-8-14/h3-5,7-8,13H,9-12H2,1H3. The minimum absolute atomic E-state index is 0.147. The van der Waals surface area contributed by atoms with Crippen molar-refractivity contribution in [3.63, 3.8) is 0 Å². The van der Waals surface area contributed by atoms with Crippen LogP contribution in [0, 0.1) is 17.8 Å². The van der Waals surface area contributed by atoms with Gasteiger partial charge in [-0.25, -0.2) is 0 Å². The summed E-state index contributed by atoms with van der Waals surface area (Å²) in [5.74, 6) is 6.77. The van der Waals surface area contributed by atoms with E-state index in [1.54, 1.807) is 0 Å². The zero-order chi connectivity index (χ0) is 12.1. The quantitative estimate of drug-likeness (QED) is 0.675. The Morgan fingerprint density at radius 1 is 1.24 bits per heavy atom. The second-order valence-electron chi connectivity index (χ2n) is 4.33. The van der Waals surface area contributed by atoms with Gasteiger partial charge in [-0.1, -0.05) is 18.2 Å². The highest BCUT2D eigenvalue weighted by Gasteiger charge is 2.22. The normalized spacial score (nSPS) is 16.2. The summed E-state index contributed by atoms with van der Waals surface area (Å²) in [4.78, 5) is 14.1. The molecule has 1 saturated heterocycles. The van der Waals surface area contributed by atoms with E-state index in [4.69, 9.17) is 0 Å². The molecule has 1 aliphatic heterocycles. The average Bonchev–Trinajstić information content (AvgIpc) is 2.40. The van der Waals surface area contributed by atoms with Crippen molar-refractivity contribution in [2.24, 2.45) is 5.92 Å². The van der Waals surface area contributed by atoms with Crippen molar-refractivity contribution >= 4 is 5.91 Å². The van der Waals surface area contributed by atoms with Gasteiger partial charge in [0.2, 0.25) is 0 Å². The van der Waals surface area contributed by atoms with E-state index in [0.29, 0.717) is 5.92 Å². The summed E-state index contributed by atoms with van der Waals surface area (Å²) in [6, 6.07) is 9.49. The third-order valence-electron chi connectivity index (χ3n) is 3.15. The molecular weight excluding hydrogens is 210 g/mol. The molecule has 0 aromatic heterocycles. The molecule has 0 saturated carbocycles. The maximum absolute atomic E-state index is 12.2. The van der Waals surface area contributed by atoms with Crippen molar-refractivity contribution in [2.45, 2.75) is 19.8 Å². The van der Waals surface area contributed by atoms with Gasteiger partial charge in [-0.3, -0.25) is 4.79 Å². The highest BCUT2D eigenvalue weighted by Crippen LogP contribution is 2.18. The van der Waals surface area contributed by atoms with Gasteiger partial charge in [0.05, 0.1) is 0 Å². The van der Waals surface area contributed by atoms with E-state index in [1.807, 2.05) is 42.2 Å². The van der Waals surface area contributed by atoms with E-state index in [9.17, 15) is 4.79 Å². The lowest BCUT2D eigenvalue weighted by atomic mass is 9.97. The van der Waals surface area contributed by atoms with Crippen LogP contribution >= 0.6 is 0 Å². The first-order valence-corrected chi connectivity index (χ1v) is 6.08. The van der Waals surface area contributed by atoms with Crippen molar-refractivity contribution < 1.29 is 4.79 Å². The number of piperidine rings is 1. The molecule has 1 fully saturated rings. The van der Waals surface area contributed by atoms with Crippen molar-refractivity contribution in [1.29, 1.82) is 0 Å². The predicted molar refractivity (Wildman–Crippen MR) is 68.5 cm³/mol. The predicted octanol–water partition coefficient (Wildman–Crippen LogP) is 2.56. The van der Waals surface area contributed by atoms with Crippen molar-refractivity contribution in [2.75, 3.05) is 13.1 Å². The second kappa shape index (κ2) is 5.54. The highest BCUT2D eigenvalue weighted by molar-refractivity contribution is 5.94. The number of amides is 1. The van der Waals surface area contributed by atoms with Gasteiger partial charge in [0.1, 0.15) is 0 Å². The molecule has 17 heavy (non-hydrogen) atoms. The van der Waals surface area contributed by atoms with Crippen LogP contribution in [0.3, 0.4) is 0 Å². The van der Waals surface area contributed by atoms with Gasteiger partial charge < -0.3 is 4.90 Å². The largest absolute Gasteiger partial charge is 0.339 e. The van der Waals surface area contributed by atoms with Gasteiger partial charge in [0.25, 0.3) is 5.91 Å². The number of hydrogen-bond acceptors (Lipinski definition) is 1. The molecule has 1 aromatic carbocycles. The Kier molecular flexibility index (Phi) is 3.82. The van der Waals surface area contributed by atoms with Crippen molar-refractivity contribution in [1.82, 2.24) is 4.90 Å². The van der Waals surface area contributed by atoms with Crippen LogP contribution in [0.2, 0.25) is 0 Å². The van der Waals surface area contributed by atoms with Gasteiger partial charge in [-0.2, -0.15) is 0 Å². The third-order valence-corrected chi connectivity index (χ3v) is 3.15. The van der Waals surface area contributed by atoms with Crippen LogP contribution in [0.1, 0.15) is 30.1 Å². The molecule has 0 atom stereocenters. The number of nitrogens with zero attached hydrogens (tertiary/aromatic N) is 1. The lowest BCUT2D eigenvalue weighted by Gasteiger charge is -2.29. The Balaban J connectivity index is 1.97. The molecule has 1 amide bonds. The molecule has 0 spiro atoms. The smallest absolute Gasteiger partial charge is 0.253 e. The van der Waals surface area contributed by atoms with E-state index in [1.165, 1.54) is 0 Å². The Bertz CT molecular complexity index is 433. The fourth-order valence-electron chi connectivity index (χ4n) is 2.19. The van der Waals surface area contributed by atoms with E-state index in [0.717, 1.165) is 31.5 Å². The first-order valence-electron chi connectivity index (χ1n) is 6.08. The first-order chi connectivity index (χ1) is 8.31. The Labute approximate surface area is 103 Å². The topological polar surface area (TPSA) is 20.3 Å². The summed E-state index contributed by atoms with van der Waals surface area (Å²) in [6.07, 6.45) is 2.00. The molecule has 0 unspecified atom stereocenters. The molecule has 0 aliphatic carbocycles. The van der Waals surface area contributed by atoms with E-state index in [-0.39, 0.29) is 5.91 Å². The Hall–Kier alpha value is -1.75. The number of benzene rings is 1.